The zero-order valence-corrected chi connectivity index (χ0v) is 11.1. The van der Waals surface area contributed by atoms with Crippen LogP contribution in [0.2, 0.25) is 0 Å². The van der Waals surface area contributed by atoms with Crippen molar-refractivity contribution in [2.45, 2.75) is 64.0 Å². The summed E-state index contributed by atoms with van der Waals surface area (Å²) in [6.07, 6.45) is 9.92. The van der Waals surface area contributed by atoms with Gasteiger partial charge in [0.2, 0.25) is 0 Å². The van der Waals surface area contributed by atoms with Gasteiger partial charge in [-0.3, -0.25) is 0 Å². The summed E-state index contributed by atoms with van der Waals surface area (Å²) in [5.41, 5.74) is 0. The van der Waals surface area contributed by atoms with Gasteiger partial charge in [-0.05, 0) is 32.1 Å². The van der Waals surface area contributed by atoms with Crippen LogP contribution in [0, 0.1) is 5.92 Å². The molecule has 3 heteroatoms. The lowest BCUT2D eigenvalue weighted by atomic mass is 9.93. The zero-order valence-electron chi connectivity index (χ0n) is 11.1. The Balaban J connectivity index is 1.66. The molecule has 1 aliphatic heterocycles. The fourth-order valence-corrected chi connectivity index (χ4v) is 2.96. The molecular weight excluding hydrogens is 214 g/mol. The topological polar surface area (TPSA) is 30.5 Å². The van der Waals surface area contributed by atoms with Gasteiger partial charge in [-0.25, -0.2) is 0 Å². The number of hydrogen-bond acceptors (Lipinski definition) is 3. The first-order valence-corrected chi connectivity index (χ1v) is 7.29. The van der Waals surface area contributed by atoms with Crippen molar-refractivity contribution >= 4 is 0 Å². The number of hydrogen-bond donors (Lipinski definition) is 1. The third kappa shape index (κ3) is 4.57. The van der Waals surface area contributed by atoms with Crippen LogP contribution in [0.15, 0.2) is 0 Å². The molecule has 2 aliphatic rings. The third-order valence-corrected chi connectivity index (χ3v) is 4.25. The molecule has 0 radical (unpaired) electrons. The van der Waals surface area contributed by atoms with Crippen LogP contribution in [0.5, 0.6) is 0 Å². The Bertz CT molecular complexity index is 196. The summed E-state index contributed by atoms with van der Waals surface area (Å²) in [4.78, 5) is 0. The SMILES string of the molecule is C[C@H](NCC1CCOCO1)C1CCCCCC1. The fourth-order valence-electron chi connectivity index (χ4n) is 2.96. The van der Waals surface area contributed by atoms with Crippen molar-refractivity contribution in [2.75, 3.05) is 19.9 Å². The summed E-state index contributed by atoms with van der Waals surface area (Å²) in [5, 5.41) is 3.67. The van der Waals surface area contributed by atoms with E-state index in [1.54, 1.807) is 0 Å². The van der Waals surface area contributed by atoms with E-state index in [0.717, 1.165) is 25.5 Å². The van der Waals surface area contributed by atoms with Gasteiger partial charge in [-0.1, -0.05) is 25.7 Å². The standard InChI is InChI=1S/C14H27NO2/c1-12(13-6-4-2-3-5-7-13)15-10-14-8-9-16-11-17-14/h12-15H,2-11H2,1H3/t12-,14?/m0/s1. The first-order chi connectivity index (χ1) is 8.36. The monoisotopic (exact) mass is 241 g/mol. The minimum atomic E-state index is 0.358. The van der Waals surface area contributed by atoms with Gasteiger partial charge in [0, 0.05) is 12.6 Å². The molecular formula is C14H27NO2. The predicted molar refractivity (Wildman–Crippen MR) is 69.0 cm³/mol. The second kappa shape index (κ2) is 7.34. The van der Waals surface area contributed by atoms with Gasteiger partial charge in [0.05, 0.1) is 12.7 Å². The predicted octanol–water partition coefficient (Wildman–Crippen LogP) is 2.70. The molecule has 0 aromatic rings. The third-order valence-electron chi connectivity index (χ3n) is 4.25. The van der Waals surface area contributed by atoms with E-state index in [2.05, 4.69) is 12.2 Å². The molecule has 17 heavy (non-hydrogen) atoms. The second-order valence-electron chi connectivity index (χ2n) is 5.55. The Kier molecular flexibility index (Phi) is 5.75. The minimum Gasteiger partial charge on any atom is -0.355 e. The van der Waals surface area contributed by atoms with Crippen molar-refractivity contribution in [1.82, 2.24) is 5.32 Å². The molecule has 2 rings (SSSR count). The van der Waals surface area contributed by atoms with Crippen LogP contribution >= 0.6 is 0 Å². The van der Waals surface area contributed by atoms with Gasteiger partial charge in [0.25, 0.3) is 0 Å². The van der Waals surface area contributed by atoms with E-state index in [4.69, 9.17) is 9.47 Å². The maximum absolute atomic E-state index is 5.56. The fraction of sp³-hybridized carbons (Fsp3) is 1.00. The van der Waals surface area contributed by atoms with Crippen molar-refractivity contribution in [3.63, 3.8) is 0 Å². The molecule has 100 valence electrons. The van der Waals surface area contributed by atoms with Gasteiger partial charge in [-0.15, -0.1) is 0 Å². The lowest BCUT2D eigenvalue weighted by Crippen LogP contribution is -2.41. The number of rotatable bonds is 4. The molecule has 3 nitrogen and oxygen atoms in total. The molecule has 0 bridgehead atoms. The molecule has 1 saturated heterocycles. The summed E-state index contributed by atoms with van der Waals surface area (Å²) in [6, 6.07) is 0.638. The normalized spacial score (nSPS) is 29.8. The molecule has 0 aromatic carbocycles. The average molecular weight is 241 g/mol. The lowest BCUT2D eigenvalue weighted by Gasteiger charge is -2.28. The molecule has 2 atom stereocenters. The Morgan fingerprint density at radius 1 is 1.12 bits per heavy atom. The maximum Gasteiger partial charge on any atom is 0.147 e. The Hall–Kier alpha value is -0.120. The summed E-state index contributed by atoms with van der Waals surface area (Å²) < 4.78 is 10.7. The molecule has 0 spiro atoms. The molecule has 1 unspecified atom stereocenters. The van der Waals surface area contributed by atoms with Crippen LogP contribution in [0.4, 0.5) is 0 Å². The van der Waals surface area contributed by atoms with Gasteiger partial charge in [0.1, 0.15) is 6.79 Å². The van der Waals surface area contributed by atoms with Gasteiger partial charge >= 0.3 is 0 Å². The highest BCUT2D eigenvalue weighted by Gasteiger charge is 2.20. The van der Waals surface area contributed by atoms with E-state index in [1.165, 1.54) is 38.5 Å². The first kappa shape index (κ1) is 13.3. The molecule has 1 saturated carbocycles. The van der Waals surface area contributed by atoms with Gasteiger partial charge in [0.15, 0.2) is 0 Å². The zero-order chi connectivity index (χ0) is 11.9. The number of nitrogens with one attached hydrogen (secondary N) is 1. The first-order valence-electron chi connectivity index (χ1n) is 7.29. The van der Waals surface area contributed by atoms with E-state index in [0.29, 0.717) is 18.9 Å². The highest BCUT2D eigenvalue weighted by atomic mass is 16.7. The van der Waals surface area contributed by atoms with Crippen molar-refractivity contribution < 1.29 is 9.47 Å². The van der Waals surface area contributed by atoms with Gasteiger partial charge < -0.3 is 14.8 Å². The van der Waals surface area contributed by atoms with Crippen molar-refractivity contribution in [3.05, 3.63) is 0 Å². The van der Waals surface area contributed by atoms with E-state index in [1.807, 2.05) is 0 Å². The van der Waals surface area contributed by atoms with E-state index < -0.39 is 0 Å². The molecule has 1 heterocycles. The van der Waals surface area contributed by atoms with Crippen LogP contribution in [0.25, 0.3) is 0 Å². The Morgan fingerprint density at radius 2 is 1.88 bits per heavy atom. The van der Waals surface area contributed by atoms with Crippen molar-refractivity contribution in [3.8, 4) is 0 Å². The van der Waals surface area contributed by atoms with Crippen LogP contribution in [0.1, 0.15) is 51.9 Å². The van der Waals surface area contributed by atoms with Crippen molar-refractivity contribution in [1.29, 1.82) is 0 Å². The Morgan fingerprint density at radius 3 is 2.53 bits per heavy atom. The summed E-state index contributed by atoms with van der Waals surface area (Å²) in [6.45, 7) is 4.66. The van der Waals surface area contributed by atoms with Crippen LogP contribution in [0.3, 0.4) is 0 Å². The summed E-state index contributed by atoms with van der Waals surface area (Å²) >= 11 is 0. The lowest BCUT2D eigenvalue weighted by molar-refractivity contribution is -0.137. The highest BCUT2D eigenvalue weighted by Crippen LogP contribution is 2.25. The summed E-state index contributed by atoms with van der Waals surface area (Å²) in [7, 11) is 0. The smallest absolute Gasteiger partial charge is 0.147 e. The molecule has 1 N–H and O–H groups in total. The largest absolute Gasteiger partial charge is 0.355 e. The molecule has 0 aromatic heterocycles. The molecule has 0 amide bonds. The summed E-state index contributed by atoms with van der Waals surface area (Å²) in [5.74, 6) is 0.873. The van der Waals surface area contributed by atoms with E-state index >= 15 is 0 Å². The van der Waals surface area contributed by atoms with Crippen LogP contribution < -0.4 is 5.32 Å². The maximum atomic E-state index is 5.56. The van der Waals surface area contributed by atoms with E-state index in [-0.39, 0.29) is 0 Å². The van der Waals surface area contributed by atoms with E-state index in [9.17, 15) is 0 Å². The second-order valence-corrected chi connectivity index (χ2v) is 5.55. The minimum absolute atomic E-state index is 0.358. The average Bonchev–Trinajstić information content (AvgIpc) is 2.66. The quantitative estimate of drug-likeness (QED) is 0.768. The van der Waals surface area contributed by atoms with Crippen LogP contribution in [-0.4, -0.2) is 32.1 Å². The molecule has 1 aliphatic carbocycles. The van der Waals surface area contributed by atoms with Crippen molar-refractivity contribution in [2.24, 2.45) is 5.92 Å². The van der Waals surface area contributed by atoms with Gasteiger partial charge in [-0.2, -0.15) is 0 Å². The molecule has 2 fully saturated rings. The number of ether oxygens (including phenoxy) is 2. The highest BCUT2D eigenvalue weighted by molar-refractivity contribution is 4.76. The Labute approximate surface area is 105 Å². The van der Waals surface area contributed by atoms with Crippen LogP contribution in [-0.2, 0) is 9.47 Å².